The van der Waals surface area contributed by atoms with Gasteiger partial charge < -0.3 is 10.1 Å². The van der Waals surface area contributed by atoms with Crippen molar-refractivity contribution >= 4 is 17.9 Å². The van der Waals surface area contributed by atoms with E-state index in [0.29, 0.717) is 6.42 Å². The predicted octanol–water partition coefficient (Wildman–Crippen LogP) is 4.18. The molecule has 0 heterocycles. The summed E-state index contributed by atoms with van der Waals surface area (Å²) in [6, 6.07) is 7.79. The molecule has 0 aliphatic heterocycles. The van der Waals surface area contributed by atoms with Crippen LogP contribution in [0.25, 0.3) is 0 Å². The minimum absolute atomic E-state index is 0.251. The van der Waals surface area contributed by atoms with Crippen molar-refractivity contribution in [3.05, 3.63) is 34.9 Å². The van der Waals surface area contributed by atoms with E-state index in [4.69, 9.17) is 11.6 Å². The second-order valence-electron chi connectivity index (χ2n) is 4.92. The van der Waals surface area contributed by atoms with Crippen molar-refractivity contribution in [3.8, 4) is 0 Å². The highest BCUT2D eigenvalue weighted by Crippen LogP contribution is 2.20. The fourth-order valence-electron chi connectivity index (χ4n) is 2.14. The molecule has 2 nitrogen and oxygen atoms in total. The van der Waals surface area contributed by atoms with Crippen LogP contribution in [0.4, 0.5) is 0 Å². The van der Waals surface area contributed by atoms with Crippen LogP contribution in [0.2, 0.25) is 5.02 Å². The molecule has 0 aromatic heterocycles. The van der Waals surface area contributed by atoms with Gasteiger partial charge in [-0.2, -0.15) is 0 Å². The molecule has 1 aromatic carbocycles. The molecule has 106 valence electrons. The van der Waals surface area contributed by atoms with E-state index in [1.165, 1.54) is 31.2 Å². The predicted molar refractivity (Wildman–Crippen MR) is 81.9 cm³/mol. The van der Waals surface area contributed by atoms with Gasteiger partial charge in [-0.25, -0.2) is 0 Å². The molecule has 3 heteroatoms. The number of unbranched alkanes of at least 4 members (excludes halogenated alkanes) is 3. The minimum Gasteiger partial charge on any atom is -0.316 e. The molecule has 0 bridgehead atoms. The van der Waals surface area contributed by atoms with E-state index in [0.717, 1.165) is 24.4 Å². The number of hydrogen-bond acceptors (Lipinski definition) is 2. The number of rotatable bonds is 10. The first-order valence-corrected chi connectivity index (χ1v) is 7.55. The molecule has 0 aliphatic carbocycles. The van der Waals surface area contributed by atoms with Gasteiger partial charge in [0.05, 0.1) is 0 Å². The van der Waals surface area contributed by atoms with Crippen LogP contribution in [-0.2, 0) is 4.79 Å². The normalized spacial score (nSPS) is 12.3. The van der Waals surface area contributed by atoms with Crippen LogP contribution < -0.4 is 5.32 Å². The third kappa shape index (κ3) is 6.74. The first-order chi connectivity index (χ1) is 9.27. The quantitative estimate of drug-likeness (QED) is 0.515. The molecule has 0 amide bonds. The summed E-state index contributed by atoms with van der Waals surface area (Å²) in [5.74, 6) is 0.251. The Hall–Kier alpha value is -0.860. The van der Waals surface area contributed by atoms with Crippen LogP contribution in [-0.4, -0.2) is 19.4 Å². The van der Waals surface area contributed by atoms with E-state index >= 15 is 0 Å². The lowest BCUT2D eigenvalue weighted by Gasteiger charge is -2.15. The van der Waals surface area contributed by atoms with Crippen LogP contribution in [0, 0.1) is 0 Å². The van der Waals surface area contributed by atoms with E-state index < -0.39 is 0 Å². The maximum atomic E-state index is 10.8. The van der Waals surface area contributed by atoms with Gasteiger partial charge in [-0.1, -0.05) is 49.9 Å². The number of carbonyl (C=O) groups excluding carboxylic acids is 1. The molecule has 0 fully saturated rings. The smallest absolute Gasteiger partial charge is 0.120 e. The number of nitrogens with one attached hydrogen (secondary N) is 1. The summed E-state index contributed by atoms with van der Waals surface area (Å²) in [6.07, 6.45) is 6.61. The van der Waals surface area contributed by atoms with Gasteiger partial charge in [0.15, 0.2) is 0 Å². The Morgan fingerprint density at radius 3 is 2.58 bits per heavy atom. The van der Waals surface area contributed by atoms with Gasteiger partial charge in [-0.05, 0) is 30.7 Å². The summed E-state index contributed by atoms with van der Waals surface area (Å²) in [5.41, 5.74) is 1.18. The molecule has 0 spiro atoms. The van der Waals surface area contributed by atoms with Gasteiger partial charge in [0, 0.05) is 23.9 Å². The van der Waals surface area contributed by atoms with Gasteiger partial charge in [0.25, 0.3) is 0 Å². The Labute approximate surface area is 121 Å². The van der Waals surface area contributed by atoms with Gasteiger partial charge in [0.1, 0.15) is 6.29 Å². The Morgan fingerprint density at radius 2 is 1.95 bits per heavy atom. The standard InChI is InChI=1S/C16H24ClNO/c1-2-3-4-5-11-18-13-15(10-12-19)14-6-8-16(17)9-7-14/h6-9,12,15,18H,2-5,10-11,13H2,1H3. The number of aldehydes is 1. The Morgan fingerprint density at radius 1 is 1.21 bits per heavy atom. The molecule has 1 aromatic rings. The molecule has 0 saturated heterocycles. The van der Waals surface area contributed by atoms with Gasteiger partial charge in [0.2, 0.25) is 0 Å². The van der Waals surface area contributed by atoms with Crippen molar-refractivity contribution < 1.29 is 4.79 Å². The lowest BCUT2D eigenvalue weighted by molar-refractivity contribution is -0.108. The van der Waals surface area contributed by atoms with Crippen molar-refractivity contribution in [1.29, 1.82) is 0 Å². The third-order valence-electron chi connectivity index (χ3n) is 3.32. The number of carbonyl (C=O) groups is 1. The fourth-order valence-corrected chi connectivity index (χ4v) is 2.27. The van der Waals surface area contributed by atoms with Crippen molar-refractivity contribution in [2.45, 2.75) is 44.9 Å². The summed E-state index contributed by atoms with van der Waals surface area (Å²) < 4.78 is 0. The van der Waals surface area contributed by atoms with Crippen molar-refractivity contribution in [2.24, 2.45) is 0 Å². The topological polar surface area (TPSA) is 29.1 Å². The molecular formula is C16H24ClNO. The highest BCUT2D eigenvalue weighted by atomic mass is 35.5. The molecule has 1 rings (SSSR count). The maximum absolute atomic E-state index is 10.8. The average Bonchev–Trinajstić information content (AvgIpc) is 2.42. The zero-order valence-corrected chi connectivity index (χ0v) is 12.5. The van der Waals surface area contributed by atoms with Gasteiger partial charge in [-0.3, -0.25) is 0 Å². The summed E-state index contributed by atoms with van der Waals surface area (Å²) in [5, 5.41) is 4.19. The highest BCUT2D eigenvalue weighted by molar-refractivity contribution is 6.30. The third-order valence-corrected chi connectivity index (χ3v) is 3.57. The van der Waals surface area contributed by atoms with Gasteiger partial charge in [-0.15, -0.1) is 0 Å². The minimum atomic E-state index is 0.251. The molecular weight excluding hydrogens is 258 g/mol. The average molecular weight is 282 g/mol. The fraction of sp³-hybridized carbons (Fsp3) is 0.562. The molecule has 1 atom stereocenters. The van der Waals surface area contributed by atoms with Gasteiger partial charge >= 0.3 is 0 Å². The summed E-state index contributed by atoms with van der Waals surface area (Å²) in [4.78, 5) is 10.8. The van der Waals surface area contributed by atoms with Crippen molar-refractivity contribution in [2.75, 3.05) is 13.1 Å². The van der Waals surface area contributed by atoms with E-state index in [1.54, 1.807) is 0 Å². The lowest BCUT2D eigenvalue weighted by atomic mass is 9.96. The Bertz CT molecular complexity index is 350. The lowest BCUT2D eigenvalue weighted by Crippen LogP contribution is -2.23. The maximum Gasteiger partial charge on any atom is 0.120 e. The van der Waals surface area contributed by atoms with E-state index in [1.807, 2.05) is 24.3 Å². The number of benzene rings is 1. The van der Waals surface area contributed by atoms with E-state index in [2.05, 4.69) is 12.2 Å². The van der Waals surface area contributed by atoms with Crippen LogP contribution >= 0.6 is 11.6 Å². The first kappa shape index (κ1) is 16.2. The number of hydrogen-bond donors (Lipinski definition) is 1. The molecule has 0 aliphatic rings. The van der Waals surface area contributed by atoms with Crippen molar-refractivity contribution in [3.63, 3.8) is 0 Å². The van der Waals surface area contributed by atoms with Crippen LogP contribution in [0.3, 0.4) is 0 Å². The molecule has 19 heavy (non-hydrogen) atoms. The van der Waals surface area contributed by atoms with E-state index in [9.17, 15) is 4.79 Å². The van der Waals surface area contributed by atoms with Crippen LogP contribution in [0.1, 0.15) is 50.5 Å². The summed E-state index contributed by atoms with van der Waals surface area (Å²) in [7, 11) is 0. The van der Waals surface area contributed by atoms with Crippen LogP contribution in [0.5, 0.6) is 0 Å². The summed E-state index contributed by atoms with van der Waals surface area (Å²) in [6.45, 7) is 4.10. The second kappa shape index (κ2) is 9.99. The van der Waals surface area contributed by atoms with Crippen molar-refractivity contribution in [1.82, 2.24) is 5.32 Å². The highest BCUT2D eigenvalue weighted by Gasteiger charge is 2.10. The Kier molecular flexibility index (Phi) is 8.52. The largest absolute Gasteiger partial charge is 0.316 e. The molecule has 0 radical (unpaired) electrons. The molecule has 1 unspecified atom stereocenters. The van der Waals surface area contributed by atoms with Crippen LogP contribution in [0.15, 0.2) is 24.3 Å². The number of halogens is 1. The monoisotopic (exact) mass is 281 g/mol. The summed E-state index contributed by atoms with van der Waals surface area (Å²) >= 11 is 5.88. The first-order valence-electron chi connectivity index (χ1n) is 7.17. The van der Waals surface area contributed by atoms with E-state index in [-0.39, 0.29) is 5.92 Å². The molecule has 0 saturated carbocycles. The zero-order chi connectivity index (χ0) is 13.9. The molecule has 1 N–H and O–H groups in total. The SMILES string of the molecule is CCCCCCNCC(CC=O)c1ccc(Cl)cc1. The Balaban J connectivity index is 2.36. The zero-order valence-electron chi connectivity index (χ0n) is 11.7. The second-order valence-corrected chi connectivity index (χ2v) is 5.35.